The van der Waals surface area contributed by atoms with Crippen molar-refractivity contribution >= 4 is 27.8 Å². The van der Waals surface area contributed by atoms with E-state index < -0.39 is 46.1 Å². The van der Waals surface area contributed by atoms with Crippen molar-refractivity contribution in [1.29, 1.82) is 0 Å². The second-order valence-electron chi connectivity index (χ2n) is 10.7. The molecule has 0 saturated heterocycles. The fourth-order valence-corrected chi connectivity index (χ4v) is 6.71. The number of sulfonamides is 1. The Kier molecular flexibility index (Phi) is 9.78. The zero-order valence-corrected chi connectivity index (χ0v) is 24.3. The summed E-state index contributed by atoms with van der Waals surface area (Å²) in [5.74, 6) is -3.09. The van der Waals surface area contributed by atoms with Crippen LogP contribution < -0.4 is 10.0 Å². The lowest BCUT2D eigenvalue weighted by Crippen LogP contribution is -2.55. The molecule has 3 aliphatic heterocycles. The van der Waals surface area contributed by atoms with Gasteiger partial charge < -0.3 is 19.9 Å². The van der Waals surface area contributed by atoms with E-state index in [4.69, 9.17) is 4.74 Å². The highest BCUT2D eigenvalue weighted by molar-refractivity contribution is 7.89. The molecule has 2 amide bonds. The molecule has 0 bridgehead atoms. The zero-order chi connectivity index (χ0) is 30.7. The Labute approximate surface area is 243 Å². The molecule has 10 nitrogen and oxygen atoms in total. The minimum Gasteiger partial charge on any atom is -0.467 e. The number of fused-ring (bicyclic) bond motifs is 1. The quantitative estimate of drug-likeness (QED) is 0.356. The number of esters is 1. The van der Waals surface area contributed by atoms with Crippen molar-refractivity contribution in [1.82, 2.24) is 19.8 Å². The first-order chi connectivity index (χ1) is 19.8. The Morgan fingerprint density at radius 1 is 1.14 bits per heavy atom. The van der Waals surface area contributed by atoms with Gasteiger partial charge in [-0.15, -0.1) is 0 Å². The number of hydrogen-bond acceptors (Lipinski definition) is 7. The number of nitrogens with zero attached hydrogens (tertiary/aromatic N) is 2. The number of nitrogens with one attached hydrogen (secondary N) is 2. The fourth-order valence-electron chi connectivity index (χ4n) is 5.47. The molecule has 42 heavy (non-hydrogen) atoms. The molecule has 0 radical (unpaired) electrons. The summed E-state index contributed by atoms with van der Waals surface area (Å²) < 4.78 is 73.6. The van der Waals surface area contributed by atoms with Crippen LogP contribution in [-0.2, 0) is 42.0 Å². The van der Waals surface area contributed by atoms with E-state index in [9.17, 15) is 36.0 Å². The van der Waals surface area contributed by atoms with E-state index in [1.165, 1.54) is 30.2 Å². The normalized spacial score (nSPS) is 20.5. The monoisotopic (exact) mass is 612 g/mol. The summed E-state index contributed by atoms with van der Waals surface area (Å²) in [4.78, 5) is 40.1. The van der Waals surface area contributed by atoms with Gasteiger partial charge in [-0.05, 0) is 68.8 Å². The predicted octanol–water partition coefficient (Wildman–Crippen LogP) is 1.85. The summed E-state index contributed by atoms with van der Waals surface area (Å²) >= 11 is 0. The van der Waals surface area contributed by atoms with E-state index in [1.54, 1.807) is 0 Å². The van der Waals surface area contributed by atoms with Crippen LogP contribution in [0, 0.1) is 0 Å². The predicted molar refractivity (Wildman–Crippen MR) is 147 cm³/mol. The van der Waals surface area contributed by atoms with Crippen LogP contribution >= 0.6 is 0 Å². The maximum atomic E-state index is 13.9. The van der Waals surface area contributed by atoms with Crippen molar-refractivity contribution in [2.45, 2.75) is 62.2 Å². The first-order valence-electron chi connectivity index (χ1n) is 13.7. The molecule has 0 spiro atoms. The summed E-state index contributed by atoms with van der Waals surface area (Å²) in [5, 5.41) is 3.20. The molecule has 2 N–H and O–H groups in total. The van der Waals surface area contributed by atoms with Crippen LogP contribution in [0.5, 0.6) is 0 Å². The molecular weight excluding hydrogens is 577 g/mol. The van der Waals surface area contributed by atoms with Crippen molar-refractivity contribution in [3.8, 4) is 0 Å². The molecule has 14 heteroatoms. The first-order valence-corrected chi connectivity index (χ1v) is 15.2. The molecule has 3 aliphatic rings. The fraction of sp³-hybridized carbons (Fsp3) is 0.536. The van der Waals surface area contributed by atoms with Gasteiger partial charge in [0.05, 0.1) is 12.0 Å². The van der Waals surface area contributed by atoms with Crippen molar-refractivity contribution in [3.63, 3.8) is 0 Å². The van der Waals surface area contributed by atoms with Gasteiger partial charge in [0.2, 0.25) is 15.9 Å². The van der Waals surface area contributed by atoms with Crippen LogP contribution in [0.4, 0.5) is 13.2 Å². The van der Waals surface area contributed by atoms with Crippen LogP contribution in [0.3, 0.4) is 0 Å². The van der Waals surface area contributed by atoms with E-state index in [0.717, 1.165) is 29.0 Å². The van der Waals surface area contributed by atoms with Crippen LogP contribution in [0.1, 0.15) is 37.3 Å². The minimum absolute atomic E-state index is 0.0434. The second-order valence-corrected chi connectivity index (χ2v) is 12.4. The maximum Gasteiger partial charge on any atom is 0.471 e. The Balaban J connectivity index is 1.59. The third kappa shape index (κ3) is 7.39. The van der Waals surface area contributed by atoms with E-state index in [1.807, 2.05) is 19.1 Å². The molecule has 0 fully saturated rings. The van der Waals surface area contributed by atoms with Crippen LogP contribution in [0.15, 0.2) is 46.4 Å². The maximum absolute atomic E-state index is 13.9. The number of carbonyl (C=O) groups is 3. The standard InChI is InChI=1S/C28H35F3N4O6S/c1-18-7-13-35(24(14-18)26(37)41-2)25(36)23(15-19-4-3-10-32-17-19)33-42(39,40)22-6-5-20-8-11-34(12-9-21(20)16-22)27(38)28(29,30)31/h4-7,16,23-24,32-33H,3,8-15,17H2,1-2H3/t23-,24+/m0/s1. The number of halogens is 3. The smallest absolute Gasteiger partial charge is 0.467 e. The average molecular weight is 613 g/mol. The van der Waals surface area contributed by atoms with E-state index in [0.29, 0.717) is 17.7 Å². The molecule has 4 rings (SSSR count). The Morgan fingerprint density at radius 2 is 1.86 bits per heavy atom. The highest BCUT2D eigenvalue weighted by atomic mass is 32.2. The lowest BCUT2D eigenvalue weighted by atomic mass is 9.98. The van der Waals surface area contributed by atoms with Crippen LogP contribution in [0.25, 0.3) is 0 Å². The highest BCUT2D eigenvalue weighted by Gasteiger charge is 2.43. The van der Waals surface area contributed by atoms with Gasteiger partial charge in [0, 0.05) is 26.2 Å². The second kappa shape index (κ2) is 13.0. The van der Waals surface area contributed by atoms with E-state index >= 15 is 0 Å². The molecule has 0 unspecified atom stereocenters. The molecular formula is C28H35F3N4O6S. The van der Waals surface area contributed by atoms with Gasteiger partial charge >= 0.3 is 18.1 Å². The zero-order valence-electron chi connectivity index (χ0n) is 23.5. The number of methoxy groups -OCH3 is 1. The molecule has 1 aromatic carbocycles. The van der Waals surface area contributed by atoms with Gasteiger partial charge in [-0.3, -0.25) is 9.59 Å². The lowest BCUT2D eigenvalue weighted by molar-refractivity contribution is -0.185. The van der Waals surface area contributed by atoms with Crippen molar-refractivity contribution in [2.24, 2.45) is 0 Å². The molecule has 0 aliphatic carbocycles. The van der Waals surface area contributed by atoms with Gasteiger partial charge in [0.15, 0.2) is 0 Å². The topological polar surface area (TPSA) is 125 Å². The molecule has 1 aromatic rings. The molecule has 0 saturated carbocycles. The largest absolute Gasteiger partial charge is 0.471 e. The Hall–Kier alpha value is -3.23. The van der Waals surface area contributed by atoms with E-state index in [2.05, 4.69) is 10.0 Å². The molecule has 2 atom stereocenters. The first kappa shape index (κ1) is 31.7. The Bertz CT molecular complexity index is 1390. The molecule has 0 aromatic heterocycles. The highest BCUT2D eigenvalue weighted by Crippen LogP contribution is 2.26. The van der Waals surface area contributed by atoms with Crippen LogP contribution in [-0.4, -0.2) is 94.1 Å². The number of rotatable bonds is 7. The van der Waals surface area contributed by atoms with E-state index in [-0.39, 0.29) is 50.2 Å². The number of ether oxygens (including phenoxy) is 1. The Morgan fingerprint density at radius 3 is 2.50 bits per heavy atom. The summed E-state index contributed by atoms with van der Waals surface area (Å²) in [6.45, 7) is 2.85. The van der Waals surface area contributed by atoms with Gasteiger partial charge in [-0.2, -0.15) is 17.9 Å². The summed E-state index contributed by atoms with van der Waals surface area (Å²) in [7, 11) is -3.05. The van der Waals surface area contributed by atoms with Crippen molar-refractivity contribution in [2.75, 3.05) is 39.8 Å². The number of benzene rings is 1. The number of amides is 2. The SMILES string of the molecule is COC(=O)[C@H]1CC(C)=CCN1C(=O)[C@H](CC1=CCCNC1)NS(=O)(=O)c1ccc2c(c1)CCN(C(=O)C(F)(F)F)CC2. The summed E-state index contributed by atoms with van der Waals surface area (Å²) in [6, 6.07) is 2.13. The van der Waals surface area contributed by atoms with Crippen molar-refractivity contribution in [3.05, 3.63) is 52.6 Å². The number of hydrogen-bond donors (Lipinski definition) is 2. The third-order valence-electron chi connectivity index (χ3n) is 7.77. The van der Waals surface area contributed by atoms with Gasteiger partial charge in [-0.25, -0.2) is 13.2 Å². The molecule has 230 valence electrons. The third-order valence-corrected chi connectivity index (χ3v) is 9.24. The van der Waals surface area contributed by atoms with Gasteiger partial charge in [0.1, 0.15) is 12.1 Å². The van der Waals surface area contributed by atoms with Gasteiger partial charge in [-0.1, -0.05) is 29.4 Å². The average Bonchev–Trinajstić information content (AvgIpc) is 3.17. The van der Waals surface area contributed by atoms with Gasteiger partial charge in [0.25, 0.3) is 0 Å². The molecule has 3 heterocycles. The summed E-state index contributed by atoms with van der Waals surface area (Å²) in [5.41, 5.74) is 2.91. The number of carbonyl (C=O) groups excluding carboxylic acids is 3. The lowest BCUT2D eigenvalue weighted by Gasteiger charge is -2.35. The number of alkyl halides is 3. The van der Waals surface area contributed by atoms with Crippen molar-refractivity contribution < 1.29 is 40.7 Å². The summed E-state index contributed by atoms with van der Waals surface area (Å²) in [6.07, 6.45) is 0.0286. The minimum atomic E-state index is -4.99. The van der Waals surface area contributed by atoms with Crippen LogP contribution in [0.2, 0.25) is 0 Å².